The van der Waals surface area contributed by atoms with Crippen LogP contribution in [0.3, 0.4) is 0 Å². The second-order valence-electron chi connectivity index (χ2n) is 5.04. The number of methoxy groups -OCH3 is 1. The van der Waals surface area contributed by atoms with E-state index in [0.717, 1.165) is 12.8 Å². The molecule has 1 aliphatic heterocycles. The van der Waals surface area contributed by atoms with Crippen LogP contribution < -0.4 is 5.32 Å². The number of likely N-dealkylation sites (tertiary alicyclic amines) is 1. The van der Waals surface area contributed by atoms with E-state index in [4.69, 9.17) is 4.74 Å². The zero-order valence-corrected chi connectivity index (χ0v) is 11.8. The highest BCUT2D eigenvalue weighted by Crippen LogP contribution is 2.34. The molecular weight excluding hydrogens is 260 g/mol. The number of amides is 2. The van der Waals surface area contributed by atoms with E-state index in [9.17, 15) is 9.59 Å². The Balaban J connectivity index is 2.24. The fraction of sp³-hybridized carbons (Fsp3) is 0.615. The minimum atomic E-state index is -0.572. The lowest BCUT2D eigenvalue weighted by Crippen LogP contribution is -2.52. The average molecular weight is 280 g/mol. The van der Waals surface area contributed by atoms with E-state index in [0.29, 0.717) is 18.8 Å². The highest BCUT2D eigenvalue weighted by Gasteiger charge is 2.45. The van der Waals surface area contributed by atoms with Gasteiger partial charge in [0.15, 0.2) is 0 Å². The van der Waals surface area contributed by atoms with Crippen LogP contribution in [0.4, 0.5) is 0 Å². The summed E-state index contributed by atoms with van der Waals surface area (Å²) < 4.78 is 5.27. The number of ether oxygens (including phenoxy) is 1. The maximum Gasteiger partial charge on any atom is 0.272 e. The number of nitrogens with one attached hydrogen (secondary N) is 2. The van der Waals surface area contributed by atoms with Crippen LogP contribution in [0.15, 0.2) is 12.3 Å². The molecule has 0 radical (unpaired) electrons. The zero-order valence-electron chi connectivity index (χ0n) is 11.8. The third-order valence-corrected chi connectivity index (χ3v) is 3.75. The molecule has 2 heterocycles. The van der Waals surface area contributed by atoms with Crippen molar-refractivity contribution >= 4 is 11.8 Å². The lowest BCUT2D eigenvalue weighted by atomic mass is 9.92. The van der Waals surface area contributed by atoms with Crippen LogP contribution in [0.1, 0.15) is 29.8 Å². The first-order valence-electron chi connectivity index (χ1n) is 6.64. The summed E-state index contributed by atoms with van der Waals surface area (Å²) in [5, 5.41) is 9.10. The molecule has 0 bridgehead atoms. The smallest absolute Gasteiger partial charge is 0.272 e. The van der Waals surface area contributed by atoms with Crippen LogP contribution in [0.5, 0.6) is 0 Å². The summed E-state index contributed by atoms with van der Waals surface area (Å²) in [5.41, 5.74) is -0.138. The lowest BCUT2D eigenvalue weighted by Gasteiger charge is -2.37. The van der Waals surface area contributed by atoms with Gasteiger partial charge in [-0.15, -0.1) is 0 Å². The van der Waals surface area contributed by atoms with Gasteiger partial charge in [0.2, 0.25) is 5.91 Å². The molecule has 7 heteroatoms. The van der Waals surface area contributed by atoms with Gasteiger partial charge in [-0.2, -0.15) is 5.10 Å². The fourth-order valence-electron chi connectivity index (χ4n) is 2.82. The second kappa shape index (κ2) is 6.04. The van der Waals surface area contributed by atoms with E-state index in [-0.39, 0.29) is 18.2 Å². The number of carbonyl (C=O) groups is 2. The third kappa shape index (κ3) is 2.67. The maximum absolute atomic E-state index is 12.5. The SMILES string of the molecule is CNC(=O)CC1(COC)CCCN1C(=O)c1ccn[nH]1. The van der Waals surface area contributed by atoms with E-state index >= 15 is 0 Å². The Morgan fingerprint density at radius 2 is 2.40 bits per heavy atom. The molecule has 1 aromatic heterocycles. The number of rotatable bonds is 5. The van der Waals surface area contributed by atoms with Crippen molar-refractivity contribution in [2.45, 2.75) is 24.8 Å². The van der Waals surface area contributed by atoms with Crippen LogP contribution in [-0.2, 0) is 9.53 Å². The van der Waals surface area contributed by atoms with Crippen molar-refractivity contribution in [3.63, 3.8) is 0 Å². The van der Waals surface area contributed by atoms with Gasteiger partial charge in [-0.1, -0.05) is 0 Å². The zero-order chi connectivity index (χ0) is 14.6. The quantitative estimate of drug-likeness (QED) is 0.804. The van der Waals surface area contributed by atoms with Crippen molar-refractivity contribution in [3.8, 4) is 0 Å². The molecule has 20 heavy (non-hydrogen) atoms. The first-order chi connectivity index (χ1) is 9.63. The van der Waals surface area contributed by atoms with E-state index in [1.165, 1.54) is 0 Å². The highest BCUT2D eigenvalue weighted by molar-refractivity contribution is 5.93. The summed E-state index contributed by atoms with van der Waals surface area (Å²) in [4.78, 5) is 26.0. The molecule has 0 saturated carbocycles. The summed E-state index contributed by atoms with van der Waals surface area (Å²) >= 11 is 0. The first-order valence-corrected chi connectivity index (χ1v) is 6.64. The molecule has 2 amide bonds. The lowest BCUT2D eigenvalue weighted by molar-refractivity contribution is -0.123. The molecule has 1 atom stereocenters. The Morgan fingerprint density at radius 1 is 1.60 bits per heavy atom. The molecule has 0 spiro atoms. The summed E-state index contributed by atoms with van der Waals surface area (Å²) in [7, 11) is 3.18. The number of nitrogens with zero attached hydrogens (tertiary/aromatic N) is 2. The van der Waals surface area contributed by atoms with Gasteiger partial charge in [0, 0.05) is 26.9 Å². The van der Waals surface area contributed by atoms with Crippen LogP contribution in [0.25, 0.3) is 0 Å². The van der Waals surface area contributed by atoms with Crippen LogP contribution >= 0.6 is 0 Å². The monoisotopic (exact) mass is 280 g/mol. The molecule has 1 unspecified atom stereocenters. The van der Waals surface area contributed by atoms with Gasteiger partial charge >= 0.3 is 0 Å². The molecule has 110 valence electrons. The molecule has 0 aromatic carbocycles. The molecule has 2 N–H and O–H groups in total. The predicted molar refractivity (Wildman–Crippen MR) is 72.1 cm³/mol. The summed E-state index contributed by atoms with van der Waals surface area (Å²) in [6, 6.07) is 1.64. The van der Waals surface area contributed by atoms with Crippen molar-refractivity contribution in [3.05, 3.63) is 18.0 Å². The van der Waals surface area contributed by atoms with Gasteiger partial charge in [0.05, 0.1) is 18.6 Å². The topological polar surface area (TPSA) is 87.3 Å². The largest absolute Gasteiger partial charge is 0.382 e. The number of aromatic nitrogens is 2. The summed E-state index contributed by atoms with van der Waals surface area (Å²) in [5.74, 6) is -0.229. The molecular formula is C13H20N4O3. The third-order valence-electron chi connectivity index (χ3n) is 3.75. The van der Waals surface area contributed by atoms with Crippen molar-refractivity contribution in [1.82, 2.24) is 20.4 Å². The average Bonchev–Trinajstić information content (AvgIpc) is 3.08. The molecule has 1 saturated heterocycles. The molecule has 2 rings (SSSR count). The maximum atomic E-state index is 12.5. The number of aromatic amines is 1. The molecule has 7 nitrogen and oxygen atoms in total. The minimum absolute atomic E-state index is 0.0913. The van der Waals surface area contributed by atoms with Gasteiger partial charge in [-0.25, -0.2) is 0 Å². The standard InChI is InChI=1S/C13H20N4O3/c1-14-11(18)8-13(9-20-2)5-3-7-17(13)12(19)10-4-6-15-16-10/h4,6H,3,5,7-9H2,1-2H3,(H,14,18)(H,15,16). The summed E-state index contributed by atoms with van der Waals surface area (Å²) in [6.45, 7) is 0.971. The Hall–Kier alpha value is -1.89. The minimum Gasteiger partial charge on any atom is -0.382 e. The number of hydrogen-bond acceptors (Lipinski definition) is 4. The van der Waals surface area contributed by atoms with Crippen molar-refractivity contribution < 1.29 is 14.3 Å². The van der Waals surface area contributed by atoms with Crippen LogP contribution in [0.2, 0.25) is 0 Å². The highest BCUT2D eigenvalue weighted by atomic mass is 16.5. The normalized spacial score (nSPS) is 22.0. The summed E-state index contributed by atoms with van der Waals surface area (Å²) in [6.07, 6.45) is 3.41. The van der Waals surface area contributed by atoms with Gasteiger partial charge in [0.1, 0.15) is 5.69 Å². The Bertz CT molecular complexity index is 474. The molecule has 1 aromatic rings. The van der Waals surface area contributed by atoms with Crippen LogP contribution in [-0.4, -0.2) is 59.8 Å². The van der Waals surface area contributed by atoms with Crippen molar-refractivity contribution in [1.29, 1.82) is 0 Å². The van der Waals surface area contributed by atoms with Crippen LogP contribution in [0, 0.1) is 0 Å². The van der Waals surface area contributed by atoms with Gasteiger partial charge in [-0.05, 0) is 18.9 Å². The number of H-pyrrole nitrogens is 1. The molecule has 1 aliphatic rings. The van der Waals surface area contributed by atoms with Gasteiger partial charge in [0.25, 0.3) is 5.91 Å². The van der Waals surface area contributed by atoms with Gasteiger partial charge in [-0.3, -0.25) is 14.7 Å². The first kappa shape index (κ1) is 14.5. The predicted octanol–water partition coefficient (Wildman–Crippen LogP) is 0.167. The Kier molecular flexibility index (Phi) is 4.39. The van der Waals surface area contributed by atoms with E-state index in [1.807, 2.05) is 0 Å². The Labute approximate surface area is 117 Å². The van der Waals surface area contributed by atoms with Crippen molar-refractivity contribution in [2.75, 3.05) is 27.3 Å². The fourth-order valence-corrected chi connectivity index (χ4v) is 2.82. The van der Waals surface area contributed by atoms with Crippen molar-refractivity contribution in [2.24, 2.45) is 0 Å². The molecule has 1 fully saturated rings. The van der Waals surface area contributed by atoms with Gasteiger partial charge < -0.3 is 15.0 Å². The molecule has 0 aliphatic carbocycles. The number of hydrogen-bond donors (Lipinski definition) is 2. The Morgan fingerprint density at radius 3 is 3.00 bits per heavy atom. The van der Waals surface area contributed by atoms with E-state index in [2.05, 4.69) is 15.5 Å². The van der Waals surface area contributed by atoms with E-state index < -0.39 is 5.54 Å². The van der Waals surface area contributed by atoms with E-state index in [1.54, 1.807) is 31.3 Å². The number of carbonyl (C=O) groups excluding carboxylic acids is 2. The second-order valence-corrected chi connectivity index (χ2v) is 5.04.